The molecule has 1 aromatic rings. The fraction of sp³-hybridized carbons (Fsp3) is 0.588. The maximum absolute atomic E-state index is 12.5. The molecule has 0 radical (unpaired) electrons. The number of nitrogen functional groups attached to an aromatic ring is 1. The normalized spacial score (nSPS) is 20.0. The minimum Gasteiger partial charge on any atom is -0.399 e. The van der Waals surface area contributed by atoms with Crippen LogP contribution < -0.4 is 10.6 Å². The van der Waals surface area contributed by atoms with Crippen molar-refractivity contribution in [2.24, 2.45) is 0 Å². The Morgan fingerprint density at radius 3 is 2.67 bits per heavy atom. The highest BCUT2D eigenvalue weighted by molar-refractivity contribution is 5.94. The zero-order chi connectivity index (χ0) is 15.2. The Kier molecular flexibility index (Phi) is 5.62. The number of benzene rings is 1. The van der Waals surface area contributed by atoms with Crippen molar-refractivity contribution in [2.75, 3.05) is 30.8 Å². The maximum Gasteiger partial charge on any atom is 0.240 e. The minimum atomic E-state index is 0.153. The van der Waals surface area contributed by atoms with E-state index in [4.69, 9.17) is 5.73 Å². The van der Waals surface area contributed by atoms with E-state index in [-0.39, 0.29) is 5.91 Å². The molecule has 1 aliphatic heterocycles. The second kappa shape index (κ2) is 7.46. The lowest BCUT2D eigenvalue weighted by atomic mass is 10.1. The van der Waals surface area contributed by atoms with Gasteiger partial charge in [-0.1, -0.05) is 19.8 Å². The molecule has 1 aromatic carbocycles. The monoisotopic (exact) mass is 289 g/mol. The average molecular weight is 289 g/mol. The zero-order valence-corrected chi connectivity index (χ0v) is 13.2. The van der Waals surface area contributed by atoms with Crippen LogP contribution in [-0.4, -0.2) is 37.0 Å². The van der Waals surface area contributed by atoms with Gasteiger partial charge in [0, 0.05) is 24.5 Å². The smallest absolute Gasteiger partial charge is 0.240 e. The highest BCUT2D eigenvalue weighted by Gasteiger charge is 2.23. The third-order valence-corrected chi connectivity index (χ3v) is 4.46. The van der Waals surface area contributed by atoms with Crippen molar-refractivity contribution in [3.05, 3.63) is 24.3 Å². The van der Waals surface area contributed by atoms with Crippen LogP contribution >= 0.6 is 0 Å². The minimum absolute atomic E-state index is 0.153. The summed E-state index contributed by atoms with van der Waals surface area (Å²) in [6.07, 6.45) is 6.12. The van der Waals surface area contributed by atoms with E-state index >= 15 is 0 Å². The molecule has 1 saturated heterocycles. The standard InChI is InChI=1S/C17H27N3O/c1-3-15-7-5-4-6-12-20(15)13-17(21)19(2)16-10-8-14(18)9-11-16/h8-11,15H,3-7,12-13,18H2,1-2H3. The molecule has 4 heteroatoms. The second-order valence-corrected chi connectivity index (χ2v) is 5.93. The van der Waals surface area contributed by atoms with E-state index in [0.717, 1.165) is 24.3 Å². The molecule has 4 nitrogen and oxygen atoms in total. The molecule has 0 saturated carbocycles. The molecule has 21 heavy (non-hydrogen) atoms. The van der Waals surface area contributed by atoms with E-state index < -0.39 is 0 Å². The topological polar surface area (TPSA) is 49.6 Å². The molecule has 116 valence electrons. The maximum atomic E-state index is 12.5. The summed E-state index contributed by atoms with van der Waals surface area (Å²) in [5.41, 5.74) is 7.31. The van der Waals surface area contributed by atoms with Gasteiger partial charge in [0.25, 0.3) is 0 Å². The summed E-state index contributed by atoms with van der Waals surface area (Å²) >= 11 is 0. The van der Waals surface area contributed by atoms with Gasteiger partial charge in [0.1, 0.15) is 0 Å². The molecule has 1 atom stereocenters. The van der Waals surface area contributed by atoms with Gasteiger partial charge in [-0.2, -0.15) is 0 Å². The number of carbonyl (C=O) groups is 1. The lowest BCUT2D eigenvalue weighted by molar-refractivity contribution is -0.120. The summed E-state index contributed by atoms with van der Waals surface area (Å²) in [5, 5.41) is 0. The third-order valence-electron chi connectivity index (χ3n) is 4.46. The number of hydrogen-bond donors (Lipinski definition) is 1. The SMILES string of the molecule is CCC1CCCCCN1CC(=O)N(C)c1ccc(N)cc1. The van der Waals surface area contributed by atoms with Crippen molar-refractivity contribution in [3.63, 3.8) is 0 Å². The summed E-state index contributed by atoms with van der Waals surface area (Å²) in [5.74, 6) is 0.153. The molecule has 1 unspecified atom stereocenters. The Labute approximate surface area is 127 Å². The van der Waals surface area contributed by atoms with Crippen LogP contribution in [0, 0.1) is 0 Å². The van der Waals surface area contributed by atoms with E-state index in [0.29, 0.717) is 12.6 Å². The van der Waals surface area contributed by atoms with E-state index in [9.17, 15) is 4.79 Å². The van der Waals surface area contributed by atoms with Gasteiger partial charge in [-0.25, -0.2) is 0 Å². The van der Waals surface area contributed by atoms with Gasteiger partial charge in [-0.3, -0.25) is 9.69 Å². The van der Waals surface area contributed by atoms with Crippen molar-refractivity contribution in [1.82, 2.24) is 4.90 Å². The first-order chi connectivity index (χ1) is 10.1. The summed E-state index contributed by atoms with van der Waals surface area (Å²) in [6.45, 7) is 3.77. The molecular weight excluding hydrogens is 262 g/mol. The van der Waals surface area contributed by atoms with Crippen LogP contribution in [0.15, 0.2) is 24.3 Å². The second-order valence-electron chi connectivity index (χ2n) is 5.93. The summed E-state index contributed by atoms with van der Waals surface area (Å²) in [7, 11) is 1.84. The number of amides is 1. The summed E-state index contributed by atoms with van der Waals surface area (Å²) in [4.78, 5) is 16.6. The van der Waals surface area contributed by atoms with Crippen molar-refractivity contribution in [3.8, 4) is 0 Å². The Hall–Kier alpha value is -1.55. The van der Waals surface area contributed by atoms with Crippen LogP contribution in [0.1, 0.15) is 39.0 Å². The number of likely N-dealkylation sites (N-methyl/N-ethyl adjacent to an activating group) is 1. The Morgan fingerprint density at radius 2 is 2.00 bits per heavy atom. The molecule has 2 rings (SSSR count). The summed E-state index contributed by atoms with van der Waals surface area (Å²) in [6, 6.07) is 8.01. The van der Waals surface area contributed by atoms with Crippen molar-refractivity contribution in [2.45, 2.75) is 45.1 Å². The molecule has 0 aliphatic carbocycles. The van der Waals surface area contributed by atoms with Gasteiger partial charge >= 0.3 is 0 Å². The number of nitrogens with zero attached hydrogens (tertiary/aromatic N) is 2. The highest BCUT2D eigenvalue weighted by Crippen LogP contribution is 2.20. The van der Waals surface area contributed by atoms with E-state index in [1.165, 1.54) is 25.7 Å². The first-order valence-electron chi connectivity index (χ1n) is 7.98. The molecule has 0 spiro atoms. The van der Waals surface area contributed by atoms with Gasteiger partial charge in [-0.15, -0.1) is 0 Å². The van der Waals surface area contributed by atoms with E-state index in [1.54, 1.807) is 4.90 Å². The van der Waals surface area contributed by atoms with Crippen molar-refractivity contribution in [1.29, 1.82) is 0 Å². The number of nitrogens with two attached hydrogens (primary N) is 1. The fourth-order valence-electron chi connectivity index (χ4n) is 3.03. The predicted octanol–water partition coefficient (Wildman–Crippen LogP) is 2.89. The largest absolute Gasteiger partial charge is 0.399 e. The van der Waals surface area contributed by atoms with Crippen LogP contribution in [0.2, 0.25) is 0 Å². The van der Waals surface area contributed by atoms with Crippen LogP contribution in [-0.2, 0) is 4.79 Å². The van der Waals surface area contributed by atoms with Crippen LogP contribution in [0.4, 0.5) is 11.4 Å². The van der Waals surface area contributed by atoms with Crippen LogP contribution in [0.3, 0.4) is 0 Å². The molecule has 1 aliphatic rings. The Balaban J connectivity index is 2.00. The van der Waals surface area contributed by atoms with Crippen LogP contribution in [0.5, 0.6) is 0 Å². The molecule has 1 amide bonds. The number of rotatable bonds is 4. The first kappa shape index (κ1) is 15.8. The molecule has 1 fully saturated rings. The Bertz CT molecular complexity index is 458. The third kappa shape index (κ3) is 4.21. The molecule has 0 bridgehead atoms. The summed E-state index contributed by atoms with van der Waals surface area (Å²) < 4.78 is 0. The lowest BCUT2D eigenvalue weighted by Gasteiger charge is -2.30. The van der Waals surface area contributed by atoms with Gasteiger partial charge in [0.05, 0.1) is 6.54 Å². The first-order valence-corrected chi connectivity index (χ1v) is 7.98. The zero-order valence-electron chi connectivity index (χ0n) is 13.2. The highest BCUT2D eigenvalue weighted by atomic mass is 16.2. The molecule has 2 N–H and O–H groups in total. The van der Waals surface area contributed by atoms with Gasteiger partial charge in [0.15, 0.2) is 0 Å². The van der Waals surface area contributed by atoms with Crippen molar-refractivity contribution >= 4 is 17.3 Å². The molecular formula is C17H27N3O. The number of anilines is 2. The number of likely N-dealkylation sites (tertiary alicyclic amines) is 1. The quantitative estimate of drug-likeness (QED) is 0.867. The number of carbonyl (C=O) groups excluding carboxylic acids is 1. The van der Waals surface area contributed by atoms with E-state index in [2.05, 4.69) is 11.8 Å². The van der Waals surface area contributed by atoms with Gasteiger partial charge < -0.3 is 10.6 Å². The van der Waals surface area contributed by atoms with Gasteiger partial charge in [0.2, 0.25) is 5.91 Å². The fourth-order valence-corrected chi connectivity index (χ4v) is 3.03. The van der Waals surface area contributed by atoms with E-state index in [1.807, 2.05) is 31.3 Å². The average Bonchev–Trinajstić information content (AvgIpc) is 2.72. The predicted molar refractivity (Wildman–Crippen MR) is 88.4 cm³/mol. The molecule has 0 aromatic heterocycles. The van der Waals surface area contributed by atoms with Crippen molar-refractivity contribution < 1.29 is 4.79 Å². The lowest BCUT2D eigenvalue weighted by Crippen LogP contribution is -2.43. The molecule has 1 heterocycles. The van der Waals surface area contributed by atoms with Gasteiger partial charge in [-0.05, 0) is 50.1 Å². The Morgan fingerprint density at radius 1 is 1.29 bits per heavy atom. The van der Waals surface area contributed by atoms with Crippen LogP contribution in [0.25, 0.3) is 0 Å². The number of hydrogen-bond acceptors (Lipinski definition) is 3.